The number of rotatable bonds is 4. The van der Waals surface area contributed by atoms with E-state index in [2.05, 4.69) is 15.0 Å². The minimum absolute atomic E-state index is 0.0567. The van der Waals surface area contributed by atoms with Gasteiger partial charge >= 0.3 is 6.36 Å². The number of piperidine rings is 1. The second kappa shape index (κ2) is 8.22. The van der Waals surface area contributed by atoms with E-state index in [-0.39, 0.29) is 18.0 Å². The number of hydrogen-bond acceptors (Lipinski definition) is 4. The normalized spacial score (nSPS) is 19.7. The first-order valence-corrected chi connectivity index (χ1v) is 8.80. The Morgan fingerprint density at radius 1 is 1.28 bits per heavy atom. The zero-order valence-corrected chi connectivity index (χ0v) is 15.3. The van der Waals surface area contributed by atoms with E-state index in [1.807, 2.05) is 0 Å². The number of alkyl halides is 4. The summed E-state index contributed by atoms with van der Waals surface area (Å²) < 4.78 is 68.8. The molecule has 1 aromatic heterocycles. The number of hydrogen-bond donors (Lipinski definition) is 1. The predicted molar refractivity (Wildman–Crippen MR) is 95.6 cm³/mol. The molecule has 5 nitrogen and oxygen atoms in total. The topological polar surface area (TPSA) is 54.5 Å². The van der Waals surface area contributed by atoms with Crippen LogP contribution in [0.3, 0.4) is 0 Å². The molecule has 1 saturated heterocycles. The Morgan fingerprint density at radius 3 is 2.66 bits per heavy atom. The average Bonchev–Trinajstić information content (AvgIpc) is 2.64. The molecule has 0 spiro atoms. The van der Waals surface area contributed by atoms with Gasteiger partial charge in [-0.05, 0) is 36.8 Å². The van der Waals surface area contributed by atoms with Crippen LogP contribution in [0, 0.1) is 5.82 Å². The average molecular weight is 415 g/mol. The van der Waals surface area contributed by atoms with E-state index in [1.165, 1.54) is 19.2 Å². The van der Waals surface area contributed by atoms with Crippen LogP contribution in [0.2, 0.25) is 0 Å². The Kier molecular flexibility index (Phi) is 5.90. The summed E-state index contributed by atoms with van der Waals surface area (Å²) in [6, 6.07) is 5.74. The van der Waals surface area contributed by atoms with Crippen LogP contribution >= 0.6 is 0 Å². The molecule has 0 radical (unpaired) electrons. The van der Waals surface area contributed by atoms with Gasteiger partial charge in [-0.2, -0.15) is 0 Å². The van der Waals surface area contributed by atoms with Gasteiger partial charge in [-0.3, -0.25) is 9.78 Å². The number of carbonyl (C=O) groups is 1. The van der Waals surface area contributed by atoms with E-state index in [9.17, 15) is 26.7 Å². The SMILES string of the molecule is CC(=O)N[C@@H]1CCN(c2ccnc(-c3ccc(OC(F)(F)F)c(F)c3)c2)C[C@H]1F. The lowest BCUT2D eigenvalue weighted by atomic mass is 10.0. The van der Waals surface area contributed by atoms with Crippen molar-refractivity contribution >= 4 is 11.6 Å². The maximum absolute atomic E-state index is 14.4. The van der Waals surface area contributed by atoms with Crippen LogP contribution in [0.25, 0.3) is 11.3 Å². The number of aromatic nitrogens is 1. The molecular formula is C19H18F5N3O2. The maximum atomic E-state index is 14.4. The number of nitrogens with one attached hydrogen (secondary N) is 1. The Balaban J connectivity index is 1.77. The van der Waals surface area contributed by atoms with Crippen molar-refractivity contribution in [2.75, 3.05) is 18.0 Å². The quantitative estimate of drug-likeness (QED) is 0.772. The highest BCUT2D eigenvalue weighted by molar-refractivity contribution is 5.73. The summed E-state index contributed by atoms with van der Waals surface area (Å²) in [5.41, 5.74) is 1.21. The molecule has 29 heavy (non-hydrogen) atoms. The van der Waals surface area contributed by atoms with E-state index in [0.29, 0.717) is 24.3 Å². The van der Waals surface area contributed by atoms with Crippen molar-refractivity contribution in [3.05, 3.63) is 42.3 Å². The number of anilines is 1. The molecule has 1 aliphatic rings. The molecule has 3 rings (SSSR count). The Bertz CT molecular complexity index is 890. The van der Waals surface area contributed by atoms with Gasteiger partial charge in [0.25, 0.3) is 0 Å². The van der Waals surface area contributed by atoms with Gasteiger partial charge in [-0.15, -0.1) is 13.2 Å². The first-order valence-electron chi connectivity index (χ1n) is 8.80. The smallest absolute Gasteiger partial charge is 0.403 e. The zero-order chi connectivity index (χ0) is 21.2. The Morgan fingerprint density at radius 2 is 2.03 bits per heavy atom. The molecule has 10 heteroatoms. The lowest BCUT2D eigenvalue weighted by molar-refractivity contribution is -0.275. The van der Waals surface area contributed by atoms with E-state index in [0.717, 1.165) is 12.1 Å². The molecule has 1 N–H and O–H groups in total. The van der Waals surface area contributed by atoms with Crippen LogP contribution in [0.5, 0.6) is 5.75 Å². The number of ether oxygens (including phenoxy) is 1. The van der Waals surface area contributed by atoms with Gasteiger partial charge in [0, 0.05) is 30.9 Å². The molecule has 156 valence electrons. The van der Waals surface area contributed by atoms with Crippen molar-refractivity contribution < 1.29 is 31.5 Å². The van der Waals surface area contributed by atoms with Gasteiger partial charge in [0.2, 0.25) is 5.91 Å². The highest BCUT2D eigenvalue weighted by atomic mass is 19.4. The van der Waals surface area contributed by atoms with Crippen LogP contribution in [0.15, 0.2) is 36.5 Å². The standard InChI is InChI=1S/C19H18F5N3O2/c1-11(28)26-16-5-7-27(10-15(16)21)13-4-6-25-17(9-13)12-2-3-18(14(20)8-12)29-19(22,23)24/h2-4,6,8-9,15-16H,5,7,10H2,1H3,(H,26,28)/t15-,16-/m1/s1. The van der Waals surface area contributed by atoms with E-state index in [1.54, 1.807) is 17.0 Å². The van der Waals surface area contributed by atoms with Crippen molar-refractivity contribution in [1.82, 2.24) is 10.3 Å². The third-order valence-electron chi connectivity index (χ3n) is 4.49. The number of nitrogens with zero attached hydrogens (tertiary/aromatic N) is 2. The van der Waals surface area contributed by atoms with E-state index in [4.69, 9.17) is 0 Å². The number of benzene rings is 1. The predicted octanol–water partition coefficient (Wildman–Crippen LogP) is 3.84. The number of halogens is 5. The van der Waals surface area contributed by atoms with Gasteiger partial charge in [0.1, 0.15) is 6.17 Å². The van der Waals surface area contributed by atoms with Crippen LogP contribution in [0.1, 0.15) is 13.3 Å². The maximum Gasteiger partial charge on any atom is 0.573 e. The third-order valence-corrected chi connectivity index (χ3v) is 4.49. The van der Waals surface area contributed by atoms with Crippen LogP contribution in [-0.4, -0.2) is 42.6 Å². The minimum atomic E-state index is -4.99. The molecule has 1 aliphatic heterocycles. The number of carbonyl (C=O) groups excluding carboxylic acids is 1. The van der Waals surface area contributed by atoms with Gasteiger partial charge in [0.15, 0.2) is 11.6 Å². The summed E-state index contributed by atoms with van der Waals surface area (Å²) in [4.78, 5) is 17.0. The lowest BCUT2D eigenvalue weighted by Gasteiger charge is -2.36. The van der Waals surface area contributed by atoms with E-state index < -0.39 is 30.1 Å². The molecular weight excluding hydrogens is 397 g/mol. The number of amides is 1. The van der Waals surface area contributed by atoms with Crippen LogP contribution in [-0.2, 0) is 4.79 Å². The van der Waals surface area contributed by atoms with E-state index >= 15 is 0 Å². The van der Waals surface area contributed by atoms with Crippen molar-refractivity contribution in [3.8, 4) is 17.0 Å². The fourth-order valence-corrected chi connectivity index (χ4v) is 3.20. The van der Waals surface area contributed by atoms with Crippen molar-refractivity contribution in [3.63, 3.8) is 0 Å². The van der Waals surface area contributed by atoms with Gasteiger partial charge in [0.05, 0.1) is 18.3 Å². The van der Waals surface area contributed by atoms with Gasteiger partial charge < -0.3 is 15.0 Å². The Hall–Kier alpha value is -2.91. The summed E-state index contributed by atoms with van der Waals surface area (Å²) in [5.74, 6) is -2.40. The van der Waals surface area contributed by atoms with Crippen molar-refractivity contribution in [2.24, 2.45) is 0 Å². The molecule has 0 unspecified atom stereocenters. The molecule has 2 aromatic rings. The molecule has 0 saturated carbocycles. The molecule has 0 bridgehead atoms. The first kappa shape index (κ1) is 20.8. The largest absolute Gasteiger partial charge is 0.573 e. The molecule has 1 amide bonds. The minimum Gasteiger partial charge on any atom is -0.403 e. The second-order valence-corrected chi connectivity index (χ2v) is 6.65. The Labute approximate surface area is 163 Å². The lowest BCUT2D eigenvalue weighted by Crippen LogP contribution is -2.52. The summed E-state index contributed by atoms with van der Waals surface area (Å²) in [5, 5.41) is 2.58. The summed E-state index contributed by atoms with van der Waals surface area (Å²) in [6.45, 7) is 1.88. The fraction of sp³-hybridized carbons (Fsp3) is 0.368. The van der Waals surface area contributed by atoms with Crippen molar-refractivity contribution in [2.45, 2.75) is 31.9 Å². The molecule has 2 atom stereocenters. The molecule has 2 heterocycles. The highest BCUT2D eigenvalue weighted by Crippen LogP contribution is 2.31. The summed E-state index contributed by atoms with van der Waals surface area (Å²) in [6.07, 6.45) is -4.39. The van der Waals surface area contributed by atoms with Gasteiger partial charge in [-0.25, -0.2) is 8.78 Å². The summed E-state index contributed by atoms with van der Waals surface area (Å²) in [7, 11) is 0. The number of pyridine rings is 1. The molecule has 1 aromatic carbocycles. The fourth-order valence-electron chi connectivity index (χ4n) is 3.20. The van der Waals surface area contributed by atoms with Crippen molar-refractivity contribution in [1.29, 1.82) is 0 Å². The summed E-state index contributed by atoms with van der Waals surface area (Å²) >= 11 is 0. The zero-order valence-electron chi connectivity index (χ0n) is 15.3. The van der Waals surface area contributed by atoms with Crippen LogP contribution in [0.4, 0.5) is 27.6 Å². The van der Waals surface area contributed by atoms with Gasteiger partial charge in [-0.1, -0.05) is 0 Å². The molecule has 0 aliphatic carbocycles. The second-order valence-electron chi connectivity index (χ2n) is 6.65. The molecule has 1 fully saturated rings. The van der Waals surface area contributed by atoms with Crippen LogP contribution < -0.4 is 15.0 Å². The monoisotopic (exact) mass is 415 g/mol. The third kappa shape index (κ3) is 5.33. The first-order chi connectivity index (χ1) is 13.6. The highest BCUT2D eigenvalue weighted by Gasteiger charge is 2.32.